The van der Waals surface area contributed by atoms with Crippen LogP contribution in [0.4, 0.5) is 0 Å². The van der Waals surface area contributed by atoms with Gasteiger partial charge in [0.25, 0.3) is 0 Å². The van der Waals surface area contributed by atoms with E-state index in [1.165, 1.54) is 6.39 Å². The molecule has 0 saturated carbocycles. The monoisotopic (exact) mass is 254 g/mol. The molecule has 0 spiro atoms. The molecule has 14 heavy (non-hydrogen) atoms. The number of nitrogens with two attached hydrogens (primary N) is 1. The normalized spacial score (nSPS) is 13.4. The van der Waals surface area contributed by atoms with E-state index in [0.29, 0.717) is 0 Å². The summed E-state index contributed by atoms with van der Waals surface area (Å²) in [6, 6.07) is 4.08. The lowest BCUT2D eigenvalue weighted by molar-refractivity contribution is 0.601. The molecular weight excluding hydrogens is 244 g/mol. The topological polar surface area (TPSA) is 52.0 Å². The van der Waals surface area contributed by atoms with Gasteiger partial charge in [-0.05, 0) is 31.0 Å². The number of halogens is 1. The van der Waals surface area contributed by atoms with Crippen LogP contribution in [0.5, 0.6) is 0 Å². The summed E-state index contributed by atoms with van der Waals surface area (Å²) in [7, 11) is 0. The number of fused-ring (bicyclic) bond motifs is 1. The molecule has 1 heterocycles. The van der Waals surface area contributed by atoms with Gasteiger partial charge in [-0.3, -0.25) is 0 Å². The van der Waals surface area contributed by atoms with Crippen molar-refractivity contribution in [1.82, 2.24) is 4.98 Å². The van der Waals surface area contributed by atoms with Crippen LogP contribution in [0.2, 0.25) is 0 Å². The van der Waals surface area contributed by atoms with E-state index in [9.17, 15) is 0 Å². The molecule has 0 aliphatic heterocycles. The fourth-order valence-electron chi connectivity index (χ4n) is 1.42. The van der Waals surface area contributed by atoms with Crippen LogP contribution in [-0.4, -0.2) is 11.0 Å². The van der Waals surface area contributed by atoms with E-state index in [2.05, 4.69) is 20.9 Å². The van der Waals surface area contributed by atoms with Crippen LogP contribution in [0.3, 0.4) is 0 Å². The summed E-state index contributed by atoms with van der Waals surface area (Å²) < 4.78 is 6.26. The predicted molar refractivity (Wildman–Crippen MR) is 59.1 cm³/mol. The molecule has 0 aliphatic carbocycles. The van der Waals surface area contributed by atoms with E-state index in [-0.39, 0.29) is 6.04 Å². The molecule has 4 heteroatoms. The summed E-state index contributed by atoms with van der Waals surface area (Å²) in [6.45, 7) is 1.98. The van der Waals surface area contributed by atoms with Gasteiger partial charge in [0.15, 0.2) is 12.0 Å². The Hall–Kier alpha value is -0.870. The molecule has 0 amide bonds. The van der Waals surface area contributed by atoms with Gasteiger partial charge in [-0.1, -0.05) is 15.9 Å². The van der Waals surface area contributed by atoms with Crippen molar-refractivity contribution in [2.24, 2.45) is 5.73 Å². The van der Waals surface area contributed by atoms with E-state index in [1.54, 1.807) is 0 Å². The summed E-state index contributed by atoms with van der Waals surface area (Å²) in [5.41, 5.74) is 8.58. The van der Waals surface area contributed by atoms with Crippen molar-refractivity contribution in [3.05, 3.63) is 28.6 Å². The fourth-order valence-corrected chi connectivity index (χ4v) is 1.92. The minimum absolute atomic E-state index is 0.145. The second kappa shape index (κ2) is 3.71. The smallest absolute Gasteiger partial charge is 0.181 e. The molecule has 1 aromatic carbocycles. The molecule has 0 saturated heterocycles. The quantitative estimate of drug-likeness (QED) is 0.896. The van der Waals surface area contributed by atoms with E-state index in [4.69, 9.17) is 10.2 Å². The Morgan fingerprint density at radius 3 is 3.07 bits per heavy atom. The Labute approximate surface area is 90.4 Å². The Kier molecular flexibility index (Phi) is 2.56. The summed E-state index contributed by atoms with van der Waals surface area (Å²) in [5.74, 6) is 0. The Morgan fingerprint density at radius 1 is 1.57 bits per heavy atom. The second-order valence-corrected chi connectivity index (χ2v) is 4.30. The molecule has 2 rings (SSSR count). The van der Waals surface area contributed by atoms with Crippen LogP contribution in [0.15, 0.2) is 27.4 Å². The van der Waals surface area contributed by atoms with Crippen LogP contribution in [0.1, 0.15) is 12.5 Å². The highest BCUT2D eigenvalue weighted by Gasteiger charge is 2.07. The molecule has 0 radical (unpaired) electrons. The van der Waals surface area contributed by atoms with Crippen molar-refractivity contribution in [3.63, 3.8) is 0 Å². The summed E-state index contributed by atoms with van der Waals surface area (Å²) >= 11 is 3.49. The zero-order valence-corrected chi connectivity index (χ0v) is 9.41. The highest BCUT2D eigenvalue weighted by atomic mass is 79.9. The van der Waals surface area contributed by atoms with Gasteiger partial charge in [0.1, 0.15) is 5.52 Å². The number of benzene rings is 1. The number of oxazole rings is 1. The Morgan fingerprint density at radius 2 is 2.36 bits per heavy atom. The van der Waals surface area contributed by atoms with Crippen molar-refractivity contribution in [1.29, 1.82) is 0 Å². The zero-order chi connectivity index (χ0) is 10.1. The lowest BCUT2D eigenvalue weighted by Gasteiger charge is -2.06. The molecule has 1 unspecified atom stereocenters. The van der Waals surface area contributed by atoms with Gasteiger partial charge >= 0.3 is 0 Å². The predicted octanol–water partition coefficient (Wildman–Crippen LogP) is 2.48. The maximum atomic E-state index is 5.75. The molecule has 1 aromatic heterocycles. The Bertz CT molecular complexity index is 450. The van der Waals surface area contributed by atoms with Gasteiger partial charge in [-0.15, -0.1) is 0 Å². The average Bonchev–Trinajstić information content (AvgIpc) is 2.51. The standard InChI is InChI=1S/C10H11BrN2O/c1-6(12)2-7-3-10-9(4-8(7)11)13-5-14-10/h3-6H,2,12H2,1H3. The van der Waals surface area contributed by atoms with Crippen molar-refractivity contribution in [2.45, 2.75) is 19.4 Å². The molecule has 0 fully saturated rings. The van der Waals surface area contributed by atoms with E-state index >= 15 is 0 Å². The van der Waals surface area contributed by atoms with Gasteiger partial charge < -0.3 is 10.2 Å². The first-order chi connectivity index (χ1) is 6.66. The number of aromatic nitrogens is 1. The highest BCUT2D eigenvalue weighted by molar-refractivity contribution is 9.10. The molecule has 2 N–H and O–H groups in total. The minimum atomic E-state index is 0.145. The molecule has 0 bridgehead atoms. The summed E-state index contributed by atoms with van der Waals surface area (Å²) in [5, 5.41) is 0. The third-order valence-corrected chi connectivity index (χ3v) is 2.78. The second-order valence-electron chi connectivity index (χ2n) is 3.45. The number of hydrogen-bond acceptors (Lipinski definition) is 3. The van der Waals surface area contributed by atoms with Gasteiger partial charge in [0.2, 0.25) is 0 Å². The van der Waals surface area contributed by atoms with Crippen molar-refractivity contribution >= 4 is 27.0 Å². The van der Waals surface area contributed by atoms with Crippen LogP contribution < -0.4 is 5.73 Å². The average molecular weight is 255 g/mol. The van der Waals surface area contributed by atoms with Gasteiger partial charge in [-0.2, -0.15) is 0 Å². The van der Waals surface area contributed by atoms with Crippen molar-refractivity contribution in [3.8, 4) is 0 Å². The molecule has 1 atom stereocenters. The third-order valence-electron chi connectivity index (χ3n) is 2.04. The zero-order valence-electron chi connectivity index (χ0n) is 7.83. The molecule has 3 nitrogen and oxygen atoms in total. The highest BCUT2D eigenvalue weighted by Crippen LogP contribution is 2.24. The molecule has 0 aliphatic rings. The van der Waals surface area contributed by atoms with Crippen molar-refractivity contribution < 1.29 is 4.42 Å². The third kappa shape index (κ3) is 1.81. The number of nitrogens with zero attached hydrogens (tertiary/aromatic N) is 1. The van der Waals surface area contributed by atoms with Crippen molar-refractivity contribution in [2.75, 3.05) is 0 Å². The number of rotatable bonds is 2. The maximum absolute atomic E-state index is 5.75. The van der Waals surface area contributed by atoms with Gasteiger partial charge in [0.05, 0.1) is 0 Å². The first-order valence-corrected chi connectivity index (χ1v) is 5.23. The molecule has 2 aromatic rings. The summed E-state index contributed by atoms with van der Waals surface area (Å²) in [6.07, 6.45) is 2.28. The van der Waals surface area contributed by atoms with Crippen LogP contribution >= 0.6 is 15.9 Å². The first-order valence-electron chi connectivity index (χ1n) is 4.44. The first kappa shape index (κ1) is 9.68. The molecular formula is C10H11BrN2O. The molecule has 74 valence electrons. The minimum Gasteiger partial charge on any atom is -0.443 e. The van der Waals surface area contributed by atoms with Crippen LogP contribution in [0, 0.1) is 0 Å². The largest absolute Gasteiger partial charge is 0.443 e. The van der Waals surface area contributed by atoms with E-state index in [0.717, 1.165) is 27.6 Å². The van der Waals surface area contributed by atoms with Gasteiger partial charge in [0, 0.05) is 10.5 Å². The summed E-state index contributed by atoms with van der Waals surface area (Å²) in [4.78, 5) is 4.07. The van der Waals surface area contributed by atoms with E-state index < -0.39 is 0 Å². The van der Waals surface area contributed by atoms with Gasteiger partial charge in [-0.25, -0.2) is 4.98 Å². The number of hydrogen-bond donors (Lipinski definition) is 1. The van der Waals surface area contributed by atoms with Crippen LogP contribution in [-0.2, 0) is 6.42 Å². The lowest BCUT2D eigenvalue weighted by atomic mass is 10.1. The van der Waals surface area contributed by atoms with E-state index in [1.807, 2.05) is 19.1 Å². The fraction of sp³-hybridized carbons (Fsp3) is 0.300. The Balaban J connectivity index is 2.48. The lowest BCUT2D eigenvalue weighted by Crippen LogP contribution is -2.17. The SMILES string of the molecule is CC(N)Cc1cc2ocnc2cc1Br. The maximum Gasteiger partial charge on any atom is 0.181 e. The van der Waals surface area contributed by atoms with Crippen LogP contribution in [0.25, 0.3) is 11.1 Å².